The minimum atomic E-state index is 0.273. The van der Waals surface area contributed by atoms with E-state index in [1.165, 1.54) is 6.42 Å². The fourth-order valence-electron chi connectivity index (χ4n) is 3.07. The SMILES string of the molecule is Oc1ccc(-c2nnc(N3CCC(N4CC=CC4)C3)s2)cc1. The van der Waals surface area contributed by atoms with Crippen molar-refractivity contribution in [2.75, 3.05) is 31.1 Å². The van der Waals surface area contributed by atoms with Gasteiger partial charge >= 0.3 is 0 Å². The Balaban J connectivity index is 1.46. The monoisotopic (exact) mass is 314 g/mol. The van der Waals surface area contributed by atoms with Crippen molar-refractivity contribution < 1.29 is 5.11 Å². The van der Waals surface area contributed by atoms with E-state index in [1.807, 2.05) is 12.1 Å². The number of benzene rings is 1. The molecule has 1 aromatic carbocycles. The van der Waals surface area contributed by atoms with Gasteiger partial charge in [0.25, 0.3) is 0 Å². The minimum Gasteiger partial charge on any atom is -0.508 e. The van der Waals surface area contributed by atoms with Crippen molar-refractivity contribution in [2.24, 2.45) is 0 Å². The molecule has 1 saturated heterocycles. The molecule has 0 bridgehead atoms. The first-order chi connectivity index (χ1) is 10.8. The maximum absolute atomic E-state index is 9.36. The zero-order valence-electron chi connectivity index (χ0n) is 12.2. The van der Waals surface area contributed by atoms with Crippen LogP contribution in [0.25, 0.3) is 10.6 Å². The van der Waals surface area contributed by atoms with Crippen molar-refractivity contribution in [3.63, 3.8) is 0 Å². The molecule has 1 aromatic heterocycles. The zero-order valence-corrected chi connectivity index (χ0v) is 13.0. The second kappa shape index (κ2) is 5.70. The van der Waals surface area contributed by atoms with Crippen molar-refractivity contribution >= 4 is 16.5 Å². The van der Waals surface area contributed by atoms with E-state index in [4.69, 9.17) is 0 Å². The summed E-state index contributed by atoms with van der Waals surface area (Å²) in [6, 6.07) is 7.74. The van der Waals surface area contributed by atoms with E-state index in [0.717, 1.165) is 41.9 Å². The number of rotatable bonds is 3. The molecular weight excluding hydrogens is 296 g/mol. The fourth-order valence-corrected chi connectivity index (χ4v) is 3.96. The molecule has 0 spiro atoms. The van der Waals surface area contributed by atoms with Crippen molar-refractivity contribution in [3.05, 3.63) is 36.4 Å². The third-order valence-corrected chi connectivity index (χ3v) is 5.36. The van der Waals surface area contributed by atoms with Gasteiger partial charge in [0.2, 0.25) is 5.13 Å². The number of hydrogen-bond acceptors (Lipinski definition) is 6. The number of aromatic nitrogens is 2. The predicted octanol–water partition coefficient (Wildman–Crippen LogP) is 2.36. The highest BCUT2D eigenvalue weighted by Gasteiger charge is 2.29. The van der Waals surface area contributed by atoms with Crippen molar-refractivity contribution in [1.82, 2.24) is 15.1 Å². The van der Waals surface area contributed by atoms with Crippen LogP contribution < -0.4 is 4.90 Å². The Morgan fingerprint density at radius 1 is 1.09 bits per heavy atom. The molecule has 114 valence electrons. The van der Waals surface area contributed by atoms with Gasteiger partial charge in [0.1, 0.15) is 10.8 Å². The second-order valence-corrected chi connectivity index (χ2v) is 6.71. The molecular formula is C16H18N4OS. The van der Waals surface area contributed by atoms with E-state index in [0.29, 0.717) is 6.04 Å². The van der Waals surface area contributed by atoms with E-state index in [2.05, 4.69) is 32.1 Å². The summed E-state index contributed by atoms with van der Waals surface area (Å²) < 4.78 is 0. The molecule has 0 radical (unpaired) electrons. The van der Waals surface area contributed by atoms with Crippen molar-refractivity contribution in [1.29, 1.82) is 0 Å². The lowest BCUT2D eigenvalue weighted by molar-refractivity contribution is 0.271. The Kier molecular flexibility index (Phi) is 3.56. The molecule has 3 heterocycles. The summed E-state index contributed by atoms with van der Waals surface area (Å²) in [5.74, 6) is 0.273. The number of hydrogen-bond donors (Lipinski definition) is 1. The molecule has 0 amide bonds. The average Bonchev–Trinajstić information content (AvgIpc) is 3.27. The van der Waals surface area contributed by atoms with Crippen LogP contribution in [0.3, 0.4) is 0 Å². The summed E-state index contributed by atoms with van der Waals surface area (Å²) in [5, 5.41) is 19.9. The van der Waals surface area contributed by atoms with Crippen molar-refractivity contribution in [3.8, 4) is 16.3 Å². The van der Waals surface area contributed by atoms with Gasteiger partial charge in [-0.05, 0) is 30.7 Å². The first-order valence-corrected chi connectivity index (χ1v) is 8.38. The third-order valence-electron chi connectivity index (χ3n) is 4.33. The summed E-state index contributed by atoms with van der Waals surface area (Å²) in [4.78, 5) is 4.85. The Hall–Kier alpha value is -1.92. The highest BCUT2D eigenvalue weighted by molar-refractivity contribution is 7.18. The van der Waals surface area contributed by atoms with Crippen LogP contribution in [0, 0.1) is 0 Å². The van der Waals surface area contributed by atoms with Gasteiger partial charge < -0.3 is 10.0 Å². The number of anilines is 1. The molecule has 1 fully saturated rings. The molecule has 4 rings (SSSR count). The Morgan fingerprint density at radius 3 is 2.64 bits per heavy atom. The van der Waals surface area contributed by atoms with E-state index in [9.17, 15) is 5.11 Å². The average molecular weight is 314 g/mol. The maximum atomic E-state index is 9.36. The number of aromatic hydroxyl groups is 1. The van der Waals surface area contributed by atoms with Crippen LogP contribution in [0.2, 0.25) is 0 Å². The number of nitrogens with zero attached hydrogens (tertiary/aromatic N) is 4. The lowest BCUT2D eigenvalue weighted by Gasteiger charge is -2.23. The van der Waals surface area contributed by atoms with Crippen LogP contribution in [0.5, 0.6) is 5.75 Å². The molecule has 2 aromatic rings. The molecule has 0 aliphatic carbocycles. The van der Waals surface area contributed by atoms with Crippen LogP contribution in [0.15, 0.2) is 36.4 Å². The normalized spacial score (nSPS) is 21.8. The predicted molar refractivity (Wildman–Crippen MR) is 88.3 cm³/mol. The van der Waals surface area contributed by atoms with Crippen LogP contribution in [0.1, 0.15) is 6.42 Å². The molecule has 2 aliphatic rings. The summed E-state index contributed by atoms with van der Waals surface area (Å²) in [6.07, 6.45) is 5.68. The number of phenols is 1. The Bertz CT molecular complexity index is 674. The third kappa shape index (κ3) is 2.60. The highest BCUT2D eigenvalue weighted by Crippen LogP contribution is 2.32. The van der Waals surface area contributed by atoms with E-state index >= 15 is 0 Å². The van der Waals surface area contributed by atoms with Gasteiger partial charge in [-0.15, -0.1) is 10.2 Å². The lowest BCUT2D eigenvalue weighted by atomic mass is 10.2. The molecule has 22 heavy (non-hydrogen) atoms. The molecule has 6 heteroatoms. The van der Waals surface area contributed by atoms with Gasteiger partial charge in [-0.2, -0.15) is 0 Å². The van der Waals surface area contributed by atoms with E-state index in [-0.39, 0.29) is 5.75 Å². The van der Waals surface area contributed by atoms with E-state index in [1.54, 1.807) is 23.5 Å². The largest absolute Gasteiger partial charge is 0.508 e. The summed E-state index contributed by atoms with van der Waals surface area (Å²) >= 11 is 1.62. The van der Waals surface area contributed by atoms with E-state index < -0.39 is 0 Å². The molecule has 2 aliphatic heterocycles. The quantitative estimate of drug-likeness (QED) is 0.882. The molecule has 5 nitrogen and oxygen atoms in total. The first kappa shape index (κ1) is 13.7. The van der Waals surface area contributed by atoms with Gasteiger partial charge in [-0.1, -0.05) is 23.5 Å². The van der Waals surface area contributed by atoms with Crippen LogP contribution in [-0.2, 0) is 0 Å². The molecule has 1 N–H and O–H groups in total. The van der Waals surface area contributed by atoms with Crippen molar-refractivity contribution in [2.45, 2.75) is 12.5 Å². The summed E-state index contributed by atoms with van der Waals surface area (Å²) in [7, 11) is 0. The topological polar surface area (TPSA) is 52.5 Å². The number of phenolic OH excluding ortho intramolecular Hbond substituents is 1. The summed E-state index contributed by atoms with van der Waals surface area (Å²) in [6.45, 7) is 4.23. The van der Waals surface area contributed by atoms with Gasteiger partial charge in [-0.3, -0.25) is 4.90 Å². The zero-order chi connectivity index (χ0) is 14.9. The summed E-state index contributed by atoms with van der Waals surface area (Å²) in [5.41, 5.74) is 1.00. The van der Waals surface area contributed by atoms with Crippen LogP contribution >= 0.6 is 11.3 Å². The molecule has 1 unspecified atom stereocenters. The van der Waals surface area contributed by atoms with Crippen LogP contribution in [0.4, 0.5) is 5.13 Å². The van der Waals surface area contributed by atoms with Gasteiger partial charge in [0, 0.05) is 37.8 Å². The minimum absolute atomic E-state index is 0.273. The lowest BCUT2D eigenvalue weighted by Crippen LogP contribution is -2.35. The van der Waals surface area contributed by atoms with Crippen LogP contribution in [-0.4, -0.2) is 52.4 Å². The smallest absolute Gasteiger partial charge is 0.208 e. The second-order valence-electron chi connectivity index (χ2n) is 5.75. The van der Waals surface area contributed by atoms with Gasteiger partial charge in [0.05, 0.1) is 0 Å². The Labute approximate surface area is 133 Å². The highest BCUT2D eigenvalue weighted by atomic mass is 32.1. The van der Waals surface area contributed by atoms with Gasteiger partial charge in [-0.25, -0.2) is 0 Å². The van der Waals surface area contributed by atoms with Gasteiger partial charge in [0.15, 0.2) is 0 Å². The first-order valence-electron chi connectivity index (χ1n) is 7.56. The standard InChI is InChI=1S/C16H18N4OS/c21-14-5-3-12(4-6-14)15-17-18-16(22-15)20-10-7-13(11-20)19-8-1-2-9-19/h1-6,13,21H,7-11H2. The Morgan fingerprint density at radius 2 is 1.86 bits per heavy atom. The maximum Gasteiger partial charge on any atom is 0.208 e. The molecule has 1 atom stereocenters. The molecule has 0 saturated carbocycles. The fraction of sp³-hybridized carbons (Fsp3) is 0.375.